The fourth-order valence-electron chi connectivity index (χ4n) is 3.63. The second-order valence-electron chi connectivity index (χ2n) is 5.99. The molecule has 1 aromatic heterocycles. The van der Waals surface area contributed by atoms with E-state index < -0.39 is 0 Å². The van der Waals surface area contributed by atoms with E-state index in [0.717, 1.165) is 17.4 Å². The van der Waals surface area contributed by atoms with Gasteiger partial charge in [0.05, 0.1) is 11.1 Å². The van der Waals surface area contributed by atoms with Gasteiger partial charge in [-0.1, -0.05) is 44.4 Å². The van der Waals surface area contributed by atoms with Crippen molar-refractivity contribution < 1.29 is 4.79 Å². The number of nitrogens with one attached hydrogen (secondary N) is 1. The Hall–Kier alpha value is -1.77. The van der Waals surface area contributed by atoms with E-state index in [-0.39, 0.29) is 5.91 Å². The maximum Gasteiger partial charge on any atom is 0.253 e. The quantitative estimate of drug-likeness (QED) is 0.905. The Morgan fingerprint density at radius 3 is 2.71 bits per heavy atom. The van der Waals surface area contributed by atoms with Gasteiger partial charge in [-0.3, -0.25) is 4.79 Å². The summed E-state index contributed by atoms with van der Waals surface area (Å²) in [5, 5.41) is 3.87. The zero-order chi connectivity index (χ0) is 14.8. The van der Waals surface area contributed by atoms with Crippen LogP contribution in [-0.4, -0.2) is 17.5 Å². The highest BCUT2D eigenvalue weighted by Gasteiger charge is 2.22. The molecule has 1 aliphatic rings. The lowest BCUT2D eigenvalue weighted by molar-refractivity contribution is 0.0964. The van der Waals surface area contributed by atoms with Gasteiger partial charge in [0.2, 0.25) is 0 Å². The highest BCUT2D eigenvalue weighted by Crippen LogP contribution is 2.34. The van der Waals surface area contributed by atoms with Gasteiger partial charge in [0.15, 0.2) is 0 Å². The molecule has 3 nitrogen and oxygen atoms in total. The normalized spacial score (nSPS) is 16.3. The largest absolute Gasteiger partial charge is 0.355 e. The summed E-state index contributed by atoms with van der Waals surface area (Å²) in [5.74, 6) is 0.0165. The first-order valence-electron chi connectivity index (χ1n) is 8.10. The highest BCUT2D eigenvalue weighted by atomic mass is 16.1. The van der Waals surface area contributed by atoms with Crippen molar-refractivity contribution in [1.82, 2.24) is 9.88 Å². The molecule has 0 radical (unpaired) electrons. The fraction of sp³-hybridized carbons (Fsp3) is 0.500. The number of para-hydroxylation sites is 1. The number of carbonyl (C=O) groups excluding carboxylic acids is 1. The zero-order valence-corrected chi connectivity index (χ0v) is 13.0. The third kappa shape index (κ3) is 2.45. The number of aryl methyl sites for hydroxylation is 1. The van der Waals surface area contributed by atoms with Crippen LogP contribution >= 0.6 is 0 Å². The van der Waals surface area contributed by atoms with Crippen LogP contribution in [0, 0.1) is 0 Å². The Kier molecular flexibility index (Phi) is 4.00. The monoisotopic (exact) mass is 284 g/mol. The van der Waals surface area contributed by atoms with Crippen LogP contribution in [0.15, 0.2) is 24.4 Å². The van der Waals surface area contributed by atoms with Crippen molar-refractivity contribution in [2.45, 2.75) is 51.5 Å². The van der Waals surface area contributed by atoms with Crippen LogP contribution < -0.4 is 5.32 Å². The first-order valence-corrected chi connectivity index (χ1v) is 8.10. The van der Waals surface area contributed by atoms with E-state index in [2.05, 4.69) is 41.2 Å². The van der Waals surface area contributed by atoms with E-state index >= 15 is 0 Å². The van der Waals surface area contributed by atoms with Crippen molar-refractivity contribution in [3.8, 4) is 0 Å². The summed E-state index contributed by atoms with van der Waals surface area (Å²) in [6.45, 7) is 2.19. The topological polar surface area (TPSA) is 34.0 Å². The second-order valence-corrected chi connectivity index (χ2v) is 5.99. The molecule has 112 valence electrons. The summed E-state index contributed by atoms with van der Waals surface area (Å²) in [4.78, 5) is 12.2. The molecular weight excluding hydrogens is 260 g/mol. The van der Waals surface area contributed by atoms with Gasteiger partial charge in [-0.25, -0.2) is 0 Å². The lowest BCUT2D eigenvalue weighted by Crippen LogP contribution is -2.17. The number of benzene rings is 1. The minimum atomic E-state index is 0.0165. The van der Waals surface area contributed by atoms with Crippen LogP contribution in [-0.2, 0) is 6.42 Å². The number of hydrogen-bond donors (Lipinski definition) is 1. The summed E-state index contributed by atoms with van der Waals surface area (Å²) < 4.78 is 2.39. The smallest absolute Gasteiger partial charge is 0.253 e. The third-order valence-electron chi connectivity index (χ3n) is 4.76. The molecule has 21 heavy (non-hydrogen) atoms. The van der Waals surface area contributed by atoms with Crippen LogP contribution in [0.4, 0.5) is 0 Å². The maximum absolute atomic E-state index is 12.2. The standard InChI is InChI=1S/C18H24N2O/c1-3-13-8-7-11-15-16(18(21)19-2)12-20(17(13)15)14-9-5-4-6-10-14/h7-8,11-12,14H,3-6,9-10H2,1-2H3,(H,19,21). The van der Waals surface area contributed by atoms with Crippen molar-refractivity contribution in [1.29, 1.82) is 0 Å². The van der Waals surface area contributed by atoms with Crippen LogP contribution in [0.1, 0.15) is 61.0 Å². The van der Waals surface area contributed by atoms with Crippen molar-refractivity contribution in [2.75, 3.05) is 7.05 Å². The molecular formula is C18H24N2O. The maximum atomic E-state index is 12.2. The predicted octanol–water partition coefficient (Wildman–Crippen LogP) is 4.07. The van der Waals surface area contributed by atoms with E-state index in [9.17, 15) is 4.79 Å². The molecule has 0 aliphatic heterocycles. The van der Waals surface area contributed by atoms with Gasteiger partial charge in [0.1, 0.15) is 0 Å². The minimum Gasteiger partial charge on any atom is -0.355 e. The fourth-order valence-corrected chi connectivity index (χ4v) is 3.63. The number of fused-ring (bicyclic) bond motifs is 1. The molecule has 1 amide bonds. The van der Waals surface area contributed by atoms with Crippen molar-refractivity contribution in [3.05, 3.63) is 35.5 Å². The summed E-state index contributed by atoms with van der Waals surface area (Å²) in [5.41, 5.74) is 3.42. The predicted molar refractivity (Wildman–Crippen MR) is 86.8 cm³/mol. The molecule has 0 bridgehead atoms. The molecule has 0 saturated heterocycles. The summed E-state index contributed by atoms with van der Waals surface area (Å²) in [6, 6.07) is 6.89. The van der Waals surface area contributed by atoms with Gasteiger partial charge < -0.3 is 9.88 Å². The molecule has 3 heteroatoms. The van der Waals surface area contributed by atoms with Gasteiger partial charge in [0.25, 0.3) is 5.91 Å². The molecule has 2 aromatic rings. The van der Waals surface area contributed by atoms with Crippen LogP contribution in [0.25, 0.3) is 10.9 Å². The number of amides is 1. The SMILES string of the molecule is CCc1cccc2c(C(=O)NC)cn(C3CCCCC3)c12. The average Bonchev–Trinajstić information content (AvgIpc) is 2.94. The number of rotatable bonds is 3. The molecule has 0 unspecified atom stereocenters. The van der Waals surface area contributed by atoms with Crippen LogP contribution in [0.3, 0.4) is 0 Å². The van der Waals surface area contributed by atoms with Gasteiger partial charge >= 0.3 is 0 Å². The van der Waals surface area contributed by atoms with E-state index in [0.29, 0.717) is 6.04 Å². The molecule has 0 atom stereocenters. The van der Waals surface area contributed by atoms with E-state index in [1.54, 1.807) is 7.05 Å². The van der Waals surface area contributed by atoms with E-state index in [1.165, 1.54) is 43.2 Å². The van der Waals surface area contributed by atoms with Gasteiger partial charge in [-0.15, -0.1) is 0 Å². The van der Waals surface area contributed by atoms with Crippen LogP contribution in [0.2, 0.25) is 0 Å². The van der Waals surface area contributed by atoms with Crippen molar-refractivity contribution >= 4 is 16.8 Å². The molecule has 1 fully saturated rings. The third-order valence-corrected chi connectivity index (χ3v) is 4.76. The number of aromatic nitrogens is 1. The summed E-state index contributed by atoms with van der Waals surface area (Å²) in [6.07, 6.45) is 9.49. The van der Waals surface area contributed by atoms with Gasteiger partial charge in [0, 0.05) is 24.7 Å². The van der Waals surface area contributed by atoms with Gasteiger partial charge in [-0.2, -0.15) is 0 Å². The molecule has 1 aromatic carbocycles. The van der Waals surface area contributed by atoms with E-state index in [1.807, 2.05) is 0 Å². The molecule has 3 rings (SSSR count). The average molecular weight is 284 g/mol. The second kappa shape index (κ2) is 5.92. The Balaban J connectivity index is 2.19. The summed E-state index contributed by atoms with van der Waals surface area (Å²) >= 11 is 0. The molecule has 1 saturated carbocycles. The highest BCUT2D eigenvalue weighted by molar-refractivity contribution is 6.07. The minimum absolute atomic E-state index is 0.0165. The summed E-state index contributed by atoms with van der Waals surface area (Å²) in [7, 11) is 1.70. The zero-order valence-electron chi connectivity index (χ0n) is 13.0. The number of hydrogen-bond acceptors (Lipinski definition) is 1. The lowest BCUT2D eigenvalue weighted by atomic mass is 9.95. The first-order chi connectivity index (χ1) is 10.3. The lowest BCUT2D eigenvalue weighted by Gasteiger charge is -2.25. The van der Waals surface area contributed by atoms with Crippen molar-refractivity contribution in [3.63, 3.8) is 0 Å². The number of nitrogens with zero attached hydrogens (tertiary/aromatic N) is 1. The Labute approximate surface area is 126 Å². The number of carbonyl (C=O) groups is 1. The Morgan fingerprint density at radius 2 is 2.05 bits per heavy atom. The molecule has 0 spiro atoms. The molecule has 1 N–H and O–H groups in total. The Bertz CT molecular complexity index is 651. The first kappa shape index (κ1) is 14.2. The van der Waals surface area contributed by atoms with Gasteiger partial charge in [-0.05, 0) is 24.8 Å². The van der Waals surface area contributed by atoms with Crippen molar-refractivity contribution in [2.24, 2.45) is 0 Å². The Morgan fingerprint density at radius 1 is 1.29 bits per heavy atom. The molecule has 1 heterocycles. The molecule has 1 aliphatic carbocycles. The van der Waals surface area contributed by atoms with E-state index in [4.69, 9.17) is 0 Å². The van der Waals surface area contributed by atoms with Crippen LogP contribution in [0.5, 0.6) is 0 Å².